The van der Waals surface area contributed by atoms with Crippen LogP contribution in [0.2, 0.25) is 0 Å². The fraction of sp³-hybridized carbons (Fsp3) is 0.333. The first kappa shape index (κ1) is 19.0. The number of imide groups is 1. The Bertz CT molecular complexity index is 741. The van der Waals surface area contributed by atoms with Gasteiger partial charge in [-0.1, -0.05) is 0 Å². The highest BCUT2D eigenvalue weighted by Gasteiger charge is 2.32. The minimum atomic E-state index is -0.996. The van der Waals surface area contributed by atoms with Crippen LogP contribution >= 0.6 is 0 Å². The molecule has 3 N–H and O–H groups in total. The van der Waals surface area contributed by atoms with Gasteiger partial charge in [0.25, 0.3) is 0 Å². The summed E-state index contributed by atoms with van der Waals surface area (Å²) in [5.74, 6) is -1.08. The molecule has 0 saturated carbocycles. The van der Waals surface area contributed by atoms with Crippen molar-refractivity contribution in [3.8, 4) is 0 Å². The predicted molar refractivity (Wildman–Crippen MR) is 87.3 cm³/mol. The molecule has 0 aliphatic carbocycles. The fourth-order valence-corrected chi connectivity index (χ4v) is 2.17. The molecule has 0 unspecified atom stereocenters. The van der Waals surface area contributed by atoms with Gasteiger partial charge in [-0.05, 0) is 18.2 Å². The maximum Gasteiger partial charge on any atom is 0.415 e. The van der Waals surface area contributed by atoms with E-state index < -0.39 is 30.1 Å². The Morgan fingerprint density at radius 1 is 1.38 bits per heavy atom. The van der Waals surface area contributed by atoms with Crippen LogP contribution in [-0.4, -0.2) is 50.4 Å². The summed E-state index contributed by atoms with van der Waals surface area (Å²) in [5, 5.41) is 6.49. The molecular weight excluding hydrogens is 351 g/mol. The number of anilines is 2. The van der Waals surface area contributed by atoms with Crippen LogP contribution < -0.4 is 20.9 Å². The number of hydrogen-bond acceptors (Lipinski definition) is 6. The summed E-state index contributed by atoms with van der Waals surface area (Å²) in [5.41, 5.74) is 0.0225. The van der Waals surface area contributed by atoms with Gasteiger partial charge in [0, 0.05) is 6.92 Å². The SMILES string of the molecule is COC(=O)NC(=O)Nc1ccc(N2C[C@H](CNC(C)=O)OC2=O)cc1F. The van der Waals surface area contributed by atoms with Crippen LogP contribution in [0, 0.1) is 5.82 Å². The summed E-state index contributed by atoms with van der Waals surface area (Å²) in [6, 6.07) is 2.70. The first-order chi connectivity index (χ1) is 12.3. The topological polar surface area (TPSA) is 126 Å². The Labute approximate surface area is 147 Å². The van der Waals surface area contributed by atoms with Crippen LogP contribution in [0.1, 0.15) is 6.92 Å². The molecule has 1 aliphatic heterocycles. The standard InChI is InChI=1S/C15H17FN4O6/c1-8(21)17-6-10-7-20(15(24)26-10)9-3-4-12(11(16)5-9)18-13(22)19-14(23)25-2/h3-5,10H,6-7H2,1-2H3,(H,17,21)(H2,18,19,22,23)/t10-/m0/s1. The number of methoxy groups -OCH3 is 1. The molecule has 5 amide bonds. The first-order valence-electron chi connectivity index (χ1n) is 7.48. The smallest absolute Gasteiger partial charge is 0.415 e. The number of cyclic esters (lactones) is 1. The number of ether oxygens (including phenoxy) is 2. The average Bonchev–Trinajstić information content (AvgIpc) is 2.95. The second kappa shape index (κ2) is 8.14. The van der Waals surface area contributed by atoms with Crippen molar-refractivity contribution < 1.29 is 33.0 Å². The van der Waals surface area contributed by atoms with Gasteiger partial charge in [-0.2, -0.15) is 0 Å². The van der Waals surface area contributed by atoms with E-state index in [2.05, 4.69) is 15.4 Å². The Balaban J connectivity index is 2.02. The number of amides is 5. The number of nitrogens with one attached hydrogen (secondary N) is 3. The molecule has 1 heterocycles. The van der Waals surface area contributed by atoms with E-state index in [4.69, 9.17) is 4.74 Å². The highest BCUT2D eigenvalue weighted by Crippen LogP contribution is 2.25. The third kappa shape index (κ3) is 4.82. The van der Waals surface area contributed by atoms with Crippen molar-refractivity contribution in [2.24, 2.45) is 0 Å². The molecule has 1 aliphatic rings. The molecule has 1 saturated heterocycles. The monoisotopic (exact) mass is 368 g/mol. The van der Waals surface area contributed by atoms with E-state index in [1.54, 1.807) is 0 Å². The quantitative estimate of drug-likeness (QED) is 0.732. The lowest BCUT2D eigenvalue weighted by Gasteiger charge is -2.14. The molecule has 0 aromatic heterocycles. The van der Waals surface area contributed by atoms with Gasteiger partial charge >= 0.3 is 18.2 Å². The van der Waals surface area contributed by atoms with Gasteiger partial charge in [-0.15, -0.1) is 0 Å². The number of hydrogen-bond donors (Lipinski definition) is 3. The van der Waals surface area contributed by atoms with E-state index in [-0.39, 0.29) is 30.4 Å². The van der Waals surface area contributed by atoms with Crippen molar-refractivity contribution in [2.75, 3.05) is 30.4 Å². The zero-order valence-corrected chi connectivity index (χ0v) is 14.0. The van der Waals surface area contributed by atoms with Gasteiger partial charge in [0.1, 0.15) is 11.9 Å². The lowest BCUT2D eigenvalue weighted by Crippen LogP contribution is -2.34. The normalized spacial score (nSPS) is 15.9. The summed E-state index contributed by atoms with van der Waals surface area (Å²) < 4.78 is 23.5. The highest BCUT2D eigenvalue weighted by molar-refractivity contribution is 5.99. The van der Waals surface area contributed by atoms with E-state index in [0.717, 1.165) is 13.2 Å². The van der Waals surface area contributed by atoms with Gasteiger partial charge in [0.15, 0.2) is 0 Å². The lowest BCUT2D eigenvalue weighted by molar-refractivity contribution is -0.119. The summed E-state index contributed by atoms with van der Waals surface area (Å²) in [7, 11) is 1.08. The molecule has 1 fully saturated rings. The van der Waals surface area contributed by atoms with Crippen molar-refractivity contribution in [1.29, 1.82) is 0 Å². The number of rotatable bonds is 4. The maximum absolute atomic E-state index is 14.2. The number of nitrogens with zero attached hydrogens (tertiary/aromatic N) is 1. The first-order valence-corrected chi connectivity index (χ1v) is 7.48. The van der Waals surface area contributed by atoms with E-state index in [1.165, 1.54) is 24.0 Å². The summed E-state index contributed by atoms with van der Waals surface area (Å²) in [6.07, 6.45) is -2.23. The average molecular weight is 368 g/mol. The Morgan fingerprint density at radius 3 is 2.73 bits per heavy atom. The lowest BCUT2D eigenvalue weighted by atomic mass is 10.2. The molecule has 1 aromatic carbocycles. The number of carbonyl (C=O) groups excluding carboxylic acids is 4. The van der Waals surface area contributed by atoms with Gasteiger partial charge in [0.05, 0.1) is 31.6 Å². The molecule has 0 radical (unpaired) electrons. The van der Waals surface area contributed by atoms with E-state index in [1.807, 2.05) is 5.32 Å². The zero-order chi connectivity index (χ0) is 19.3. The Morgan fingerprint density at radius 2 is 2.12 bits per heavy atom. The van der Waals surface area contributed by atoms with Crippen LogP contribution in [0.5, 0.6) is 0 Å². The molecule has 1 atom stereocenters. The van der Waals surface area contributed by atoms with Crippen molar-refractivity contribution in [1.82, 2.24) is 10.6 Å². The van der Waals surface area contributed by atoms with Crippen molar-refractivity contribution >= 4 is 35.5 Å². The van der Waals surface area contributed by atoms with E-state index >= 15 is 0 Å². The molecule has 11 heteroatoms. The number of benzene rings is 1. The van der Waals surface area contributed by atoms with Crippen LogP contribution in [0.4, 0.5) is 30.1 Å². The number of carbonyl (C=O) groups is 4. The fourth-order valence-electron chi connectivity index (χ4n) is 2.17. The van der Waals surface area contributed by atoms with E-state index in [9.17, 15) is 23.6 Å². The van der Waals surface area contributed by atoms with E-state index in [0.29, 0.717) is 0 Å². The van der Waals surface area contributed by atoms with Crippen molar-refractivity contribution in [3.05, 3.63) is 24.0 Å². The minimum absolute atomic E-state index is 0.133. The largest absolute Gasteiger partial charge is 0.453 e. The molecule has 26 heavy (non-hydrogen) atoms. The van der Waals surface area contributed by atoms with Crippen molar-refractivity contribution in [3.63, 3.8) is 0 Å². The molecule has 0 spiro atoms. The van der Waals surface area contributed by atoms with Gasteiger partial charge in [-0.25, -0.2) is 24.1 Å². The summed E-state index contributed by atoms with van der Waals surface area (Å²) >= 11 is 0. The molecule has 2 rings (SSSR count). The van der Waals surface area contributed by atoms with Gasteiger partial charge in [0.2, 0.25) is 5.91 Å². The van der Waals surface area contributed by atoms with Crippen LogP contribution in [0.25, 0.3) is 0 Å². The number of alkyl carbamates (subject to hydrolysis) is 1. The second-order valence-electron chi connectivity index (χ2n) is 5.29. The summed E-state index contributed by atoms with van der Waals surface area (Å²) in [6.45, 7) is 1.62. The molecule has 140 valence electrons. The highest BCUT2D eigenvalue weighted by atomic mass is 19.1. The van der Waals surface area contributed by atoms with Crippen LogP contribution in [-0.2, 0) is 14.3 Å². The van der Waals surface area contributed by atoms with Gasteiger partial charge in [-0.3, -0.25) is 9.69 Å². The third-order valence-electron chi connectivity index (χ3n) is 3.37. The number of urea groups is 1. The Hall–Kier alpha value is -3.37. The molecule has 0 bridgehead atoms. The minimum Gasteiger partial charge on any atom is -0.453 e. The number of halogens is 1. The second-order valence-corrected chi connectivity index (χ2v) is 5.29. The molecular formula is C15H17FN4O6. The van der Waals surface area contributed by atoms with Gasteiger partial charge < -0.3 is 20.1 Å². The zero-order valence-electron chi connectivity index (χ0n) is 14.0. The molecule has 10 nitrogen and oxygen atoms in total. The maximum atomic E-state index is 14.2. The predicted octanol–water partition coefficient (Wildman–Crippen LogP) is 1.17. The third-order valence-corrected chi connectivity index (χ3v) is 3.37. The van der Waals surface area contributed by atoms with Crippen LogP contribution in [0.3, 0.4) is 0 Å². The van der Waals surface area contributed by atoms with Crippen LogP contribution in [0.15, 0.2) is 18.2 Å². The molecule has 1 aromatic rings. The summed E-state index contributed by atoms with van der Waals surface area (Å²) in [4.78, 5) is 46.4. The van der Waals surface area contributed by atoms with Crippen molar-refractivity contribution in [2.45, 2.75) is 13.0 Å². The Kier molecular flexibility index (Phi) is 5.94.